The van der Waals surface area contributed by atoms with Gasteiger partial charge in [-0.2, -0.15) is 0 Å². The molecule has 0 radical (unpaired) electrons. The van der Waals surface area contributed by atoms with Gasteiger partial charge < -0.3 is 4.74 Å². The molecule has 2 aromatic carbocycles. The molecular weight excluding hydrogens is 426 g/mol. The van der Waals surface area contributed by atoms with Crippen molar-refractivity contribution in [2.45, 2.75) is 29.7 Å². The number of sulfonamides is 2. The Morgan fingerprint density at radius 2 is 1.67 bits per heavy atom. The fourth-order valence-electron chi connectivity index (χ4n) is 2.74. The minimum atomic E-state index is -4.01. The molecule has 0 saturated carbocycles. The first-order valence-electron chi connectivity index (χ1n) is 9.11. The van der Waals surface area contributed by atoms with E-state index in [-0.39, 0.29) is 27.3 Å². The molecule has 10 heteroatoms. The standard InChI is InChI=1S/C20H23N3O5S2/c1-14(2)28-20-10-8-17(30(26,27)23(3)4)13-19(20)22-29(24,25)16-7-9-18-15(12-16)6-5-11-21-18/h5-14,22H,1-4H3. The number of hydrogen-bond acceptors (Lipinski definition) is 6. The fraction of sp³-hybridized carbons (Fsp3) is 0.250. The Kier molecular flexibility index (Phi) is 6.02. The summed E-state index contributed by atoms with van der Waals surface area (Å²) in [6.45, 7) is 3.58. The van der Waals surface area contributed by atoms with E-state index in [4.69, 9.17) is 4.74 Å². The van der Waals surface area contributed by atoms with Gasteiger partial charge in [0, 0.05) is 25.7 Å². The lowest BCUT2D eigenvalue weighted by atomic mass is 10.2. The summed E-state index contributed by atoms with van der Waals surface area (Å²) in [5, 5.41) is 0.669. The average Bonchev–Trinajstić information content (AvgIpc) is 2.68. The summed E-state index contributed by atoms with van der Waals surface area (Å²) in [5.74, 6) is 0.230. The molecule has 3 rings (SSSR count). The second kappa shape index (κ2) is 8.21. The topological polar surface area (TPSA) is 106 Å². The summed E-state index contributed by atoms with van der Waals surface area (Å²) in [7, 11) is -4.96. The lowest BCUT2D eigenvalue weighted by molar-refractivity contribution is 0.243. The molecule has 160 valence electrons. The quantitative estimate of drug-likeness (QED) is 0.594. The molecular formula is C20H23N3O5S2. The van der Waals surface area contributed by atoms with Crippen LogP contribution in [0.15, 0.2) is 64.5 Å². The van der Waals surface area contributed by atoms with E-state index in [1.807, 2.05) is 0 Å². The highest BCUT2D eigenvalue weighted by Gasteiger charge is 2.23. The third-order valence-corrected chi connectivity index (χ3v) is 7.40. The Hall–Kier alpha value is -2.69. The largest absolute Gasteiger partial charge is 0.489 e. The second-order valence-electron chi connectivity index (χ2n) is 7.08. The molecule has 0 spiro atoms. The number of hydrogen-bond donors (Lipinski definition) is 1. The second-order valence-corrected chi connectivity index (χ2v) is 10.9. The first-order valence-corrected chi connectivity index (χ1v) is 12.0. The van der Waals surface area contributed by atoms with Crippen LogP contribution in [0, 0.1) is 0 Å². The van der Waals surface area contributed by atoms with Crippen LogP contribution in [-0.4, -0.2) is 46.3 Å². The number of ether oxygens (including phenoxy) is 1. The van der Waals surface area contributed by atoms with Crippen molar-refractivity contribution in [2.75, 3.05) is 18.8 Å². The van der Waals surface area contributed by atoms with Gasteiger partial charge in [-0.15, -0.1) is 0 Å². The number of fused-ring (bicyclic) bond motifs is 1. The summed E-state index contributed by atoms with van der Waals surface area (Å²) in [4.78, 5) is 4.16. The lowest BCUT2D eigenvalue weighted by Gasteiger charge is -2.18. The van der Waals surface area contributed by atoms with E-state index in [1.54, 1.807) is 38.2 Å². The van der Waals surface area contributed by atoms with Crippen molar-refractivity contribution in [3.05, 3.63) is 54.7 Å². The average molecular weight is 450 g/mol. The maximum Gasteiger partial charge on any atom is 0.262 e. The zero-order valence-electron chi connectivity index (χ0n) is 17.0. The van der Waals surface area contributed by atoms with Gasteiger partial charge in [0.25, 0.3) is 10.0 Å². The Labute approximate surface area is 176 Å². The summed E-state index contributed by atoms with van der Waals surface area (Å²) < 4.78 is 60.3. The zero-order chi connectivity index (χ0) is 22.1. The number of nitrogens with one attached hydrogen (secondary N) is 1. The van der Waals surface area contributed by atoms with E-state index in [9.17, 15) is 16.8 Å². The van der Waals surface area contributed by atoms with Gasteiger partial charge in [0.15, 0.2) is 0 Å². The molecule has 1 heterocycles. The van der Waals surface area contributed by atoms with Crippen molar-refractivity contribution < 1.29 is 21.6 Å². The number of pyridine rings is 1. The van der Waals surface area contributed by atoms with Gasteiger partial charge >= 0.3 is 0 Å². The highest BCUT2D eigenvalue weighted by molar-refractivity contribution is 7.92. The predicted molar refractivity (Wildman–Crippen MR) is 116 cm³/mol. The molecule has 0 aliphatic carbocycles. The normalized spacial score (nSPS) is 12.5. The van der Waals surface area contributed by atoms with Crippen LogP contribution in [-0.2, 0) is 20.0 Å². The number of anilines is 1. The smallest absolute Gasteiger partial charge is 0.262 e. The minimum Gasteiger partial charge on any atom is -0.489 e. The molecule has 3 aromatic rings. The van der Waals surface area contributed by atoms with E-state index < -0.39 is 20.0 Å². The number of benzene rings is 2. The van der Waals surface area contributed by atoms with E-state index >= 15 is 0 Å². The monoisotopic (exact) mass is 449 g/mol. The van der Waals surface area contributed by atoms with Gasteiger partial charge in [-0.3, -0.25) is 9.71 Å². The third kappa shape index (κ3) is 4.55. The predicted octanol–water partition coefficient (Wildman–Crippen LogP) is 3.07. The van der Waals surface area contributed by atoms with Crippen LogP contribution in [0.25, 0.3) is 10.9 Å². The van der Waals surface area contributed by atoms with E-state index in [0.717, 1.165) is 4.31 Å². The zero-order valence-corrected chi connectivity index (χ0v) is 18.7. The molecule has 0 fully saturated rings. The Balaban J connectivity index is 2.07. The molecule has 0 unspecified atom stereocenters. The van der Waals surface area contributed by atoms with E-state index in [0.29, 0.717) is 10.9 Å². The minimum absolute atomic E-state index is 0.0272. The molecule has 0 aliphatic heterocycles. The maximum absolute atomic E-state index is 13.0. The van der Waals surface area contributed by atoms with Crippen LogP contribution in [0.2, 0.25) is 0 Å². The Bertz CT molecular complexity index is 1290. The van der Waals surface area contributed by atoms with E-state index in [1.165, 1.54) is 44.4 Å². The van der Waals surface area contributed by atoms with Crippen LogP contribution in [0.3, 0.4) is 0 Å². The summed E-state index contributed by atoms with van der Waals surface area (Å²) in [6, 6.07) is 12.1. The summed E-state index contributed by atoms with van der Waals surface area (Å²) in [5.41, 5.74) is 0.706. The van der Waals surface area contributed by atoms with Crippen LogP contribution in [0.4, 0.5) is 5.69 Å². The first kappa shape index (κ1) is 22.0. The fourth-order valence-corrected chi connectivity index (χ4v) is 4.77. The van der Waals surface area contributed by atoms with Crippen molar-refractivity contribution in [1.29, 1.82) is 0 Å². The number of nitrogens with zero attached hydrogens (tertiary/aromatic N) is 2. The maximum atomic E-state index is 13.0. The van der Waals surface area contributed by atoms with Gasteiger partial charge in [-0.1, -0.05) is 6.07 Å². The molecule has 0 aliphatic rings. The van der Waals surface area contributed by atoms with Crippen molar-refractivity contribution >= 4 is 36.6 Å². The van der Waals surface area contributed by atoms with Gasteiger partial charge in [0.1, 0.15) is 5.75 Å². The molecule has 8 nitrogen and oxygen atoms in total. The number of rotatable bonds is 7. The highest BCUT2D eigenvalue weighted by Crippen LogP contribution is 2.32. The Morgan fingerprint density at radius 1 is 0.967 bits per heavy atom. The van der Waals surface area contributed by atoms with Crippen molar-refractivity contribution in [3.63, 3.8) is 0 Å². The van der Waals surface area contributed by atoms with Crippen LogP contribution >= 0.6 is 0 Å². The molecule has 1 aromatic heterocycles. The van der Waals surface area contributed by atoms with E-state index in [2.05, 4.69) is 9.71 Å². The van der Waals surface area contributed by atoms with Gasteiger partial charge in [-0.25, -0.2) is 21.1 Å². The molecule has 1 N–H and O–H groups in total. The molecule has 0 saturated heterocycles. The van der Waals surface area contributed by atoms with Crippen molar-refractivity contribution in [3.8, 4) is 5.75 Å². The van der Waals surface area contributed by atoms with Crippen molar-refractivity contribution in [1.82, 2.24) is 9.29 Å². The van der Waals surface area contributed by atoms with Gasteiger partial charge in [0.2, 0.25) is 10.0 Å². The first-order chi connectivity index (χ1) is 14.0. The van der Waals surface area contributed by atoms with Crippen LogP contribution in [0.5, 0.6) is 5.75 Å². The number of aromatic nitrogens is 1. The molecule has 30 heavy (non-hydrogen) atoms. The molecule has 0 bridgehead atoms. The SMILES string of the molecule is CC(C)Oc1ccc(S(=O)(=O)N(C)C)cc1NS(=O)(=O)c1ccc2ncccc2c1. The van der Waals surface area contributed by atoms with Crippen LogP contribution in [0.1, 0.15) is 13.8 Å². The lowest BCUT2D eigenvalue weighted by Crippen LogP contribution is -2.23. The van der Waals surface area contributed by atoms with Crippen LogP contribution < -0.4 is 9.46 Å². The highest BCUT2D eigenvalue weighted by atomic mass is 32.2. The van der Waals surface area contributed by atoms with Crippen molar-refractivity contribution in [2.24, 2.45) is 0 Å². The molecule has 0 amide bonds. The van der Waals surface area contributed by atoms with Gasteiger partial charge in [0.05, 0.1) is 27.1 Å². The summed E-state index contributed by atoms with van der Waals surface area (Å²) >= 11 is 0. The summed E-state index contributed by atoms with van der Waals surface area (Å²) in [6.07, 6.45) is 1.39. The van der Waals surface area contributed by atoms with Gasteiger partial charge in [-0.05, 0) is 56.3 Å². The third-order valence-electron chi connectivity index (χ3n) is 4.22. The molecule has 0 atom stereocenters. The Morgan fingerprint density at radius 3 is 2.33 bits per heavy atom.